The van der Waals surface area contributed by atoms with E-state index in [1.165, 1.54) is 4.68 Å². The maximum absolute atomic E-state index is 13.2. The van der Waals surface area contributed by atoms with Crippen LogP contribution in [0.5, 0.6) is 0 Å². The zero-order valence-electron chi connectivity index (χ0n) is 24.8. The molecule has 3 aromatic rings. The second kappa shape index (κ2) is 11.1. The van der Waals surface area contributed by atoms with Crippen LogP contribution in [-0.4, -0.2) is 62.6 Å². The lowest BCUT2D eigenvalue weighted by Gasteiger charge is -2.35. The normalized spacial score (nSPS) is 21.1. The molecule has 1 saturated carbocycles. The van der Waals surface area contributed by atoms with Crippen molar-refractivity contribution in [3.8, 4) is 6.07 Å². The predicted octanol–water partition coefficient (Wildman–Crippen LogP) is 1.28. The van der Waals surface area contributed by atoms with Crippen LogP contribution in [0.3, 0.4) is 0 Å². The second-order valence-corrected chi connectivity index (χ2v) is 12.4. The molecule has 228 valence electrons. The number of piperidine rings is 1. The summed E-state index contributed by atoms with van der Waals surface area (Å²) in [5, 5.41) is 17.6. The molecule has 0 spiro atoms. The molecular weight excluding hydrogens is 560 g/mol. The van der Waals surface area contributed by atoms with Crippen molar-refractivity contribution >= 4 is 17.7 Å². The molecule has 1 aliphatic heterocycles. The molecule has 1 aromatic heterocycles. The van der Waals surface area contributed by atoms with E-state index >= 15 is 0 Å². The molecule has 3 atom stereocenters. The number of primary amides is 2. The van der Waals surface area contributed by atoms with Gasteiger partial charge < -0.3 is 21.7 Å². The van der Waals surface area contributed by atoms with Gasteiger partial charge in [-0.1, -0.05) is 12.1 Å². The summed E-state index contributed by atoms with van der Waals surface area (Å²) in [7, 11) is 0. The van der Waals surface area contributed by atoms with Crippen molar-refractivity contribution in [3.05, 3.63) is 86.1 Å². The average molecular weight is 597 g/mol. The van der Waals surface area contributed by atoms with Gasteiger partial charge in [0.15, 0.2) is 0 Å². The molecule has 0 bridgehead atoms. The first kappa shape index (κ1) is 29.3. The lowest BCUT2D eigenvalue weighted by Crippen LogP contribution is -2.44. The van der Waals surface area contributed by atoms with Crippen LogP contribution in [0.1, 0.15) is 87.9 Å². The Morgan fingerprint density at radius 2 is 1.68 bits per heavy atom. The molecule has 6 N–H and O–H groups in total. The number of hydrogen-bond donors (Lipinski definition) is 4. The number of carbonyl (C=O) groups is 3. The number of aromatic amines is 1. The van der Waals surface area contributed by atoms with Crippen molar-refractivity contribution in [2.45, 2.75) is 69.5 Å². The molecular formula is C32H36N8O4. The molecule has 12 heteroatoms. The number of aromatic nitrogens is 3. The third-order valence-corrected chi connectivity index (χ3v) is 9.39. The van der Waals surface area contributed by atoms with Crippen LogP contribution < -0.4 is 22.5 Å². The molecule has 2 aromatic carbocycles. The Morgan fingerprint density at radius 3 is 2.20 bits per heavy atom. The fourth-order valence-corrected chi connectivity index (χ4v) is 7.17. The number of benzene rings is 2. The molecule has 2 aliphatic carbocycles. The third kappa shape index (κ3) is 4.87. The number of rotatable bonds is 9. The van der Waals surface area contributed by atoms with Gasteiger partial charge in [0.2, 0.25) is 17.7 Å². The van der Waals surface area contributed by atoms with Crippen LogP contribution in [0.25, 0.3) is 0 Å². The molecule has 3 aliphatic rings. The van der Waals surface area contributed by atoms with Crippen molar-refractivity contribution in [3.63, 3.8) is 0 Å². The van der Waals surface area contributed by atoms with Gasteiger partial charge in [0.05, 0.1) is 24.1 Å². The van der Waals surface area contributed by atoms with E-state index in [0.29, 0.717) is 48.7 Å². The highest BCUT2D eigenvalue weighted by atomic mass is 16.2. The molecule has 44 heavy (non-hydrogen) atoms. The number of nitrogens with two attached hydrogens (primary N) is 2. The summed E-state index contributed by atoms with van der Waals surface area (Å²) >= 11 is 0. The lowest BCUT2D eigenvalue weighted by atomic mass is 9.69. The van der Waals surface area contributed by atoms with Crippen molar-refractivity contribution < 1.29 is 14.4 Å². The first-order chi connectivity index (χ1) is 21.0. The smallest absolute Gasteiger partial charge is 0.343 e. The fourth-order valence-electron chi connectivity index (χ4n) is 7.17. The van der Waals surface area contributed by atoms with Crippen molar-refractivity contribution in [1.82, 2.24) is 25.0 Å². The van der Waals surface area contributed by atoms with Gasteiger partial charge >= 0.3 is 5.69 Å². The van der Waals surface area contributed by atoms with Crippen LogP contribution in [-0.2, 0) is 23.1 Å². The number of aryl methyl sites for hydroxylation is 2. The van der Waals surface area contributed by atoms with E-state index in [9.17, 15) is 24.4 Å². The highest BCUT2D eigenvalue weighted by Crippen LogP contribution is 2.48. The zero-order valence-corrected chi connectivity index (χ0v) is 24.8. The SMILES string of the molecule is CC(C)n1nc(C2(CCNCC(=O)N3[C@H](C#N)C[C@@H]4C[C@@H]43)c3ccc(C(N)=O)cc3CCc3cc(C(N)=O)ccc32)[nH]c1=O. The summed E-state index contributed by atoms with van der Waals surface area (Å²) in [6, 6.07) is 12.5. The van der Waals surface area contributed by atoms with Crippen LogP contribution in [0.2, 0.25) is 0 Å². The summed E-state index contributed by atoms with van der Waals surface area (Å²) in [5.41, 5.74) is 14.1. The summed E-state index contributed by atoms with van der Waals surface area (Å²) in [6.45, 7) is 4.16. The number of H-pyrrole nitrogens is 1. The molecule has 3 amide bonds. The Hall–Kier alpha value is -4.76. The number of nitrogens with zero attached hydrogens (tertiary/aromatic N) is 4. The third-order valence-electron chi connectivity index (χ3n) is 9.39. The van der Waals surface area contributed by atoms with Crippen LogP contribution in [0.15, 0.2) is 41.2 Å². The van der Waals surface area contributed by atoms with Gasteiger partial charge in [0.25, 0.3) is 0 Å². The number of amides is 3. The molecule has 2 fully saturated rings. The summed E-state index contributed by atoms with van der Waals surface area (Å²) < 4.78 is 1.40. The van der Waals surface area contributed by atoms with Gasteiger partial charge in [0.1, 0.15) is 11.9 Å². The van der Waals surface area contributed by atoms with E-state index in [1.807, 2.05) is 26.0 Å². The quantitative estimate of drug-likeness (QED) is 0.267. The first-order valence-corrected chi connectivity index (χ1v) is 15.0. The number of nitriles is 1. The van der Waals surface area contributed by atoms with Crippen LogP contribution >= 0.6 is 0 Å². The van der Waals surface area contributed by atoms with E-state index in [-0.39, 0.29) is 36.3 Å². The highest BCUT2D eigenvalue weighted by molar-refractivity contribution is 5.94. The van der Waals surface area contributed by atoms with Gasteiger partial charge in [-0.2, -0.15) is 10.4 Å². The Labute approximate surface area is 254 Å². The van der Waals surface area contributed by atoms with Crippen molar-refractivity contribution in [1.29, 1.82) is 5.26 Å². The topological polar surface area (TPSA) is 193 Å². The minimum absolute atomic E-state index is 0.0649. The van der Waals surface area contributed by atoms with Crippen LogP contribution in [0.4, 0.5) is 0 Å². The van der Waals surface area contributed by atoms with Crippen molar-refractivity contribution in [2.24, 2.45) is 17.4 Å². The Bertz CT molecular complexity index is 1700. The fraction of sp³-hybridized carbons (Fsp3) is 0.438. The van der Waals surface area contributed by atoms with Gasteiger partial charge in [-0.05, 0) is 105 Å². The van der Waals surface area contributed by atoms with E-state index in [2.05, 4.69) is 16.4 Å². The molecule has 1 saturated heterocycles. The minimum Gasteiger partial charge on any atom is -0.366 e. The number of carbonyl (C=O) groups excluding carboxylic acids is 3. The number of fused-ring (bicyclic) bond motifs is 3. The maximum atomic E-state index is 13.2. The molecule has 0 radical (unpaired) electrons. The molecule has 6 rings (SSSR count). The van der Waals surface area contributed by atoms with Crippen molar-refractivity contribution in [2.75, 3.05) is 13.1 Å². The highest BCUT2D eigenvalue weighted by Gasteiger charge is 2.54. The minimum atomic E-state index is -1.02. The molecule has 0 unspecified atom stereocenters. The number of nitrogens with one attached hydrogen (secondary N) is 2. The summed E-state index contributed by atoms with van der Waals surface area (Å²) in [5.74, 6) is -0.368. The number of likely N-dealkylation sites (tertiary alicyclic amines) is 1. The standard InChI is InChI=1S/C32H36N8O4/c1-17(2)40-31(44)37-30(38-40)32(9-10-36-16-27(41)39-23(15-33)13-22-14-26(22)39)24-7-5-20(28(34)42)11-18(24)3-4-19-12-21(29(35)43)6-8-25(19)32/h5-8,11-12,17,22-23,26,36H,3-4,9-10,13-14,16H2,1-2H3,(H2,34,42)(H2,35,43)(H,37,38,44)/t22-,23+,26+/m1/s1. The second-order valence-electron chi connectivity index (χ2n) is 12.4. The van der Waals surface area contributed by atoms with E-state index < -0.39 is 17.2 Å². The zero-order chi connectivity index (χ0) is 31.3. The van der Waals surface area contributed by atoms with Gasteiger partial charge in [-0.3, -0.25) is 19.4 Å². The van der Waals surface area contributed by atoms with Crippen LogP contribution in [0, 0.1) is 17.2 Å². The number of hydrogen-bond acceptors (Lipinski definition) is 7. The predicted molar refractivity (Wildman–Crippen MR) is 161 cm³/mol. The molecule has 2 heterocycles. The summed E-state index contributed by atoms with van der Waals surface area (Å²) in [6.07, 6.45) is 3.15. The largest absolute Gasteiger partial charge is 0.366 e. The first-order valence-electron chi connectivity index (χ1n) is 15.0. The van der Waals surface area contributed by atoms with Gasteiger partial charge in [-0.15, -0.1) is 0 Å². The van der Waals surface area contributed by atoms with E-state index in [4.69, 9.17) is 16.6 Å². The Balaban J connectivity index is 1.44. The average Bonchev–Trinajstić information content (AvgIpc) is 3.52. The van der Waals surface area contributed by atoms with Gasteiger partial charge in [-0.25, -0.2) is 9.48 Å². The molecule has 12 nitrogen and oxygen atoms in total. The summed E-state index contributed by atoms with van der Waals surface area (Å²) in [4.78, 5) is 55.4. The Kier molecular flexibility index (Phi) is 7.37. The lowest BCUT2D eigenvalue weighted by molar-refractivity contribution is -0.131. The van der Waals surface area contributed by atoms with E-state index in [0.717, 1.165) is 35.1 Å². The monoisotopic (exact) mass is 596 g/mol. The van der Waals surface area contributed by atoms with E-state index in [1.54, 1.807) is 29.2 Å². The Morgan fingerprint density at radius 1 is 1.07 bits per heavy atom. The van der Waals surface area contributed by atoms with Gasteiger partial charge in [0, 0.05) is 17.2 Å². The maximum Gasteiger partial charge on any atom is 0.343 e.